The summed E-state index contributed by atoms with van der Waals surface area (Å²) in [7, 11) is 3.36. The van der Waals surface area contributed by atoms with E-state index in [4.69, 9.17) is 9.15 Å². The topological polar surface area (TPSA) is 107 Å². The van der Waals surface area contributed by atoms with Crippen LogP contribution in [-0.4, -0.2) is 56.1 Å². The van der Waals surface area contributed by atoms with Crippen molar-refractivity contribution in [2.75, 3.05) is 40.3 Å². The van der Waals surface area contributed by atoms with Crippen molar-refractivity contribution in [2.45, 2.75) is 0 Å². The monoisotopic (exact) mass is 348 g/mol. The second-order valence-electron chi connectivity index (χ2n) is 6.02. The summed E-state index contributed by atoms with van der Waals surface area (Å²) in [6, 6.07) is 3.77. The normalized spacial score (nSPS) is 15.4. The maximum Gasteiger partial charge on any atom is 0.349 e. The van der Waals surface area contributed by atoms with E-state index < -0.39 is 16.5 Å². The van der Waals surface area contributed by atoms with Crippen molar-refractivity contribution in [3.05, 3.63) is 44.3 Å². The standard InChI is InChI=1S/C16H17N3O6/c1-17-3-5-18(6-4-17)15(20)12-8-10-7-11(19(22)23)9-13(24-2)14(10)25-16(12)21/h7-9H,3-6H2,1-2H3/p+1. The molecule has 1 N–H and O–H groups in total. The number of nitro benzene ring substituents is 1. The van der Waals surface area contributed by atoms with Crippen LogP contribution in [0.2, 0.25) is 0 Å². The number of amides is 1. The number of quaternary nitrogens is 1. The number of piperazine rings is 1. The smallest absolute Gasteiger partial charge is 0.349 e. The summed E-state index contributed by atoms with van der Waals surface area (Å²) in [6.45, 7) is 2.68. The number of nitrogens with one attached hydrogen (secondary N) is 1. The van der Waals surface area contributed by atoms with E-state index in [1.54, 1.807) is 4.90 Å². The van der Waals surface area contributed by atoms with E-state index in [2.05, 4.69) is 0 Å². The molecule has 0 radical (unpaired) electrons. The zero-order valence-electron chi connectivity index (χ0n) is 13.9. The van der Waals surface area contributed by atoms with E-state index in [1.807, 2.05) is 7.05 Å². The van der Waals surface area contributed by atoms with Crippen molar-refractivity contribution in [2.24, 2.45) is 0 Å². The summed E-state index contributed by atoms with van der Waals surface area (Å²) < 4.78 is 10.3. The first-order valence-electron chi connectivity index (χ1n) is 7.81. The Hall–Kier alpha value is -2.94. The first kappa shape index (κ1) is 16.9. The van der Waals surface area contributed by atoms with E-state index in [1.165, 1.54) is 30.2 Å². The van der Waals surface area contributed by atoms with Crippen LogP contribution in [0.4, 0.5) is 5.69 Å². The molecule has 0 bridgehead atoms. The van der Waals surface area contributed by atoms with Crippen molar-refractivity contribution >= 4 is 22.6 Å². The van der Waals surface area contributed by atoms with E-state index in [-0.39, 0.29) is 28.0 Å². The fraction of sp³-hybridized carbons (Fsp3) is 0.375. The van der Waals surface area contributed by atoms with Crippen LogP contribution in [0, 0.1) is 10.1 Å². The molecule has 1 amide bonds. The lowest BCUT2D eigenvalue weighted by molar-refractivity contribution is -0.883. The molecule has 9 nitrogen and oxygen atoms in total. The Morgan fingerprint density at radius 2 is 2.00 bits per heavy atom. The Kier molecular flexibility index (Phi) is 4.41. The number of nitro groups is 1. The van der Waals surface area contributed by atoms with Gasteiger partial charge in [0.2, 0.25) is 0 Å². The average Bonchev–Trinajstić information content (AvgIpc) is 2.60. The largest absolute Gasteiger partial charge is 0.493 e. The van der Waals surface area contributed by atoms with Gasteiger partial charge in [-0.05, 0) is 6.07 Å². The van der Waals surface area contributed by atoms with E-state index in [0.717, 1.165) is 13.1 Å². The number of non-ortho nitro benzene ring substituents is 1. The number of carbonyl (C=O) groups excluding carboxylic acids is 1. The van der Waals surface area contributed by atoms with Gasteiger partial charge >= 0.3 is 5.63 Å². The highest BCUT2D eigenvalue weighted by molar-refractivity contribution is 5.97. The van der Waals surface area contributed by atoms with Crippen LogP contribution in [0.1, 0.15) is 10.4 Å². The number of hydrogen-bond donors (Lipinski definition) is 1. The summed E-state index contributed by atoms with van der Waals surface area (Å²) >= 11 is 0. The number of fused-ring (bicyclic) bond motifs is 1. The predicted octanol–water partition coefficient (Wildman–Crippen LogP) is -0.320. The van der Waals surface area contributed by atoms with Crippen LogP contribution in [0.25, 0.3) is 11.0 Å². The van der Waals surface area contributed by atoms with Crippen molar-refractivity contribution in [1.29, 1.82) is 0 Å². The Morgan fingerprint density at radius 1 is 1.32 bits per heavy atom. The number of ether oxygens (including phenoxy) is 1. The highest BCUT2D eigenvalue weighted by atomic mass is 16.6. The molecule has 0 spiro atoms. The minimum absolute atomic E-state index is 0.0727. The fourth-order valence-corrected chi connectivity index (χ4v) is 2.86. The molecule has 1 aliphatic heterocycles. The first-order chi connectivity index (χ1) is 11.9. The second kappa shape index (κ2) is 6.52. The number of benzene rings is 1. The van der Waals surface area contributed by atoms with Crippen LogP contribution >= 0.6 is 0 Å². The summed E-state index contributed by atoms with van der Waals surface area (Å²) in [5.41, 5.74) is -1.04. The van der Waals surface area contributed by atoms with Crippen LogP contribution in [-0.2, 0) is 0 Å². The molecule has 1 aromatic carbocycles. The van der Waals surface area contributed by atoms with Gasteiger partial charge in [-0.3, -0.25) is 14.9 Å². The van der Waals surface area contributed by atoms with E-state index >= 15 is 0 Å². The second-order valence-corrected chi connectivity index (χ2v) is 6.02. The van der Waals surface area contributed by atoms with Gasteiger partial charge in [0.15, 0.2) is 11.3 Å². The van der Waals surface area contributed by atoms with Crippen LogP contribution in [0.5, 0.6) is 5.75 Å². The summed E-state index contributed by atoms with van der Waals surface area (Å²) in [6.07, 6.45) is 0. The van der Waals surface area contributed by atoms with Gasteiger partial charge in [-0.25, -0.2) is 4.79 Å². The van der Waals surface area contributed by atoms with Gasteiger partial charge in [0.05, 0.1) is 51.3 Å². The van der Waals surface area contributed by atoms with E-state index in [0.29, 0.717) is 13.1 Å². The first-order valence-corrected chi connectivity index (χ1v) is 7.81. The predicted molar refractivity (Wildman–Crippen MR) is 88.2 cm³/mol. The quantitative estimate of drug-likeness (QED) is 0.463. The minimum Gasteiger partial charge on any atom is -0.493 e. The van der Waals surface area contributed by atoms with E-state index in [9.17, 15) is 19.7 Å². The molecule has 132 valence electrons. The highest BCUT2D eigenvalue weighted by Gasteiger charge is 2.26. The molecule has 0 atom stereocenters. The van der Waals surface area contributed by atoms with Gasteiger partial charge in [0.1, 0.15) is 5.56 Å². The van der Waals surface area contributed by atoms with Gasteiger partial charge in [-0.2, -0.15) is 0 Å². The van der Waals surface area contributed by atoms with Crippen molar-refractivity contribution < 1.29 is 23.8 Å². The molecular weight excluding hydrogens is 330 g/mol. The molecule has 0 saturated carbocycles. The third kappa shape index (κ3) is 3.18. The minimum atomic E-state index is -0.782. The molecule has 1 saturated heterocycles. The zero-order chi connectivity index (χ0) is 18.1. The molecule has 1 aliphatic rings. The van der Waals surface area contributed by atoms with Gasteiger partial charge < -0.3 is 19.0 Å². The molecule has 1 fully saturated rings. The Bertz CT molecular complexity index is 899. The van der Waals surface area contributed by atoms with Crippen LogP contribution < -0.4 is 15.3 Å². The molecule has 9 heteroatoms. The molecule has 25 heavy (non-hydrogen) atoms. The number of nitrogens with zero attached hydrogens (tertiary/aromatic N) is 2. The Labute approximate surface area is 142 Å². The third-order valence-corrected chi connectivity index (χ3v) is 4.35. The highest BCUT2D eigenvalue weighted by Crippen LogP contribution is 2.30. The van der Waals surface area contributed by atoms with Gasteiger partial charge in [0.25, 0.3) is 11.6 Å². The number of hydrogen-bond acceptors (Lipinski definition) is 6. The molecule has 2 heterocycles. The maximum absolute atomic E-state index is 12.6. The molecule has 1 aromatic heterocycles. The van der Waals surface area contributed by atoms with Crippen molar-refractivity contribution in [3.63, 3.8) is 0 Å². The Morgan fingerprint density at radius 3 is 2.60 bits per heavy atom. The average molecular weight is 348 g/mol. The van der Waals surface area contributed by atoms with Gasteiger partial charge in [0, 0.05) is 11.5 Å². The lowest BCUT2D eigenvalue weighted by Crippen LogP contribution is -3.12. The van der Waals surface area contributed by atoms with Crippen molar-refractivity contribution in [3.8, 4) is 5.75 Å². The molecule has 2 aromatic rings. The zero-order valence-corrected chi connectivity index (χ0v) is 13.9. The number of carbonyl (C=O) groups is 1. The van der Waals surface area contributed by atoms with Gasteiger partial charge in [-0.1, -0.05) is 0 Å². The fourth-order valence-electron chi connectivity index (χ4n) is 2.86. The number of methoxy groups -OCH3 is 1. The summed E-state index contributed by atoms with van der Waals surface area (Å²) in [5.74, 6) is -0.350. The van der Waals surface area contributed by atoms with Crippen molar-refractivity contribution in [1.82, 2.24) is 4.90 Å². The summed E-state index contributed by atoms with van der Waals surface area (Å²) in [5, 5.41) is 11.3. The van der Waals surface area contributed by atoms with Crippen LogP contribution in [0.3, 0.4) is 0 Å². The lowest BCUT2D eigenvalue weighted by atomic mass is 10.1. The molecule has 0 aliphatic carbocycles. The summed E-state index contributed by atoms with van der Waals surface area (Å²) in [4.78, 5) is 38.3. The SMILES string of the molecule is COc1cc([N+](=O)[O-])cc2cc(C(=O)N3CC[NH+](C)CC3)c(=O)oc12. The third-order valence-electron chi connectivity index (χ3n) is 4.35. The Balaban J connectivity index is 2.07. The molecule has 0 unspecified atom stereocenters. The van der Waals surface area contributed by atoms with Gasteiger partial charge in [-0.15, -0.1) is 0 Å². The lowest BCUT2D eigenvalue weighted by Gasteiger charge is -2.29. The van der Waals surface area contributed by atoms with Crippen LogP contribution in [0.15, 0.2) is 27.4 Å². The number of rotatable bonds is 3. The maximum atomic E-state index is 12.6. The molecular formula is C16H18N3O6+. The number of likely N-dealkylation sites (N-methyl/N-ethyl adjacent to an activating group) is 1. The molecule has 3 rings (SSSR count).